The molecule has 0 saturated heterocycles. The van der Waals surface area contributed by atoms with E-state index in [-0.39, 0.29) is 0 Å². The number of hydrogen-bond acceptors (Lipinski definition) is 2. The van der Waals surface area contributed by atoms with Crippen LogP contribution in [0.3, 0.4) is 0 Å². The third-order valence-corrected chi connectivity index (χ3v) is 2.03. The maximum Gasteiger partial charge on any atom is 0.129 e. The molecule has 2 nitrogen and oxygen atoms in total. The third-order valence-electron chi connectivity index (χ3n) is 2.03. The lowest BCUT2D eigenvalue weighted by molar-refractivity contribution is 0.907. The molecule has 0 amide bonds. The van der Waals surface area contributed by atoms with E-state index in [4.69, 9.17) is 6.42 Å². The summed E-state index contributed by atoms with van der Waals surface area (Å²) in [5.74, 6) is 3.41. The quantitative estimate of drug-likeness (QED) is 0.665. The van der Waals surface area contributed by atoms with Gasteiger partial charge in [0, 0.05) is 24.4 Å². The van der Waals surface area contributed by atoms with Gasteiger partial charge in [0.2, 0.25) is 0 Å². The fourth-order valence-electron chi connectivity index (χ4n) is 1.31. The molecule has 0 spiro atoms. The molecule has 2 aromatic rings. The van der Waals surface area contributed by atoms with Crippen LogP contribution in [0.2, 0.25) is 0 Å². The molecule has 0 atom stereocenters. The zero-order valence-corrected chi connectivity index (χ0v) is 7.77. The van der Waals surface area contributed by atoms with Crippen LogP contribution in [0.25, 0.3) is 10.9 Å². The zero-order chi connectivity index (χ0) is 9.80. The highest BCUT2D eigenvalue weighted by molar-refractivity contribution is 5.77. The highest BCUT2D eigenvalue weighted by Gasteiger charge is 1.97. The Morgan fingerprint density at radius 3 is 3.00 bits per heavy atom. The van der Waals surface area contributed by atoms with E-state index in [1.54, 1.807) is 0 Å². The van der Waals surface area contributed by atoms with Crippen molar-refractivity contribution in [3.63, 3.8) is 0 Å². The van der Waals surface area contributed by atoms with Gasteiger partial charge in [-0.15, -0.1) is 12.3 Å². The van der Waals surface area contributed by atoms with Crippen LogP contribution in [0.5, 0.6) is 0 Å². The molecule has 14 heavy (non-hydrogen) atoms. The second-order valence-corrected chi connectivity index (χ2v) is 3.05. The fourth-order valence-corrected chi connectivity index (χ4v) is 1.31. The summed E-state index contributed by atoms with van der Waals surface area (Å²) < 4.78 is 0. The number of terminal acetylenes is 1. The van der Waals surface area contributed by atoms with E-state index in [2.05, 4.69) is 15.9 Å². The van der Waals surface area contributed by atoms with E-state index in [1.807, 2.05) is 30.5 Å². The normalized spacial score (nSPS) is 9.93. The van der Waals surface area contributed by atoms with Crippen LogP contribution >= 0.6 is 0 Å². The van der Waals surface area contributed by atoms with Crippen molar-refractivity contribution in [1.82, 2.24) is 9.97 Å². The predicted molar refractivity (Wildman–Crippen MR) is 56.7 cm³/mol. The molecule has 2 heteroatoms. The summed E-state index contributed by atoms with van der Waals surface area (Å²) in [4.78, 5) is 8.64. The van der Waals surface area contributed by atoms with Gasteiger partial charge in [0.05, 0.1) is 5.52 Å². The number of hydrogen-bond donors (Lipinski definition) is 0. The number of fused-ring (bicyclic) bond motifs is 1. The molecule has 0 N–H and O–H groups in total. The summed E-state index contributed by atoms with van der Waals surface area (Å²) in [6.07, 6.45) is 8.47. The van der Waals surface area contributed by atoms with Crippen molar-refractivity contribution in [2.75, 3.05) is 0 Å². The average Bonchev–Trinajstić information content (AvgIpc) is 2.26. The van der Waals surface area contributed by atoms with Crippen molar-refractivity contribution in [2.45, 2.75) is 12.8 Å². The molecule has 0 saturated carbocycles. The Bertz CT molecular complexity index is 483. The fraction of sp³-hybridized carbons (Fsp3) is 0.167. The van der Waals surface area contributed by atoms with Gasteiger partial charge in [0.1, 0.15) is 5.82 Å². The Kier molecular flexibility index (Phi) is 2.42. The maximum atomic E-state index is 5.18. The SMILES string of the molecule is C#CCCc1ncc2ccccc2n1. The van der Waals surface area contributed by atoms with Crippen molar-refractivity contribution in [3.8, 4) is 12.3 Å². The molecular weight excluding hydrogens is 172 g/mol. The largest absolute Gasteiger partial charge is 0.241 e. The predicted octanol–water partition coefficient (Wildman–Crippen LogP) is 2.20. The minimum Gasteiger partial charge on any atom is -0.241 e. The van der Waals surface area contributed by atoms with Crippen LogP contribution in [-0.2, 0) is 6.42 Å². The smallest absolute Gasteiger partial charge is 0.129 e. The van der Waals surface area contributed by atoms with Gasteiger partial charge in [-0.1, -0.05) is 18.2 Å². The molecule has 0 fully saturated rings. The number of para-hydroxylation sites is 1. The average molecular weight is 182 g/mol. The highest BCUT2D eigenvalue weighted by Crippen LogP contribution is 2.09. The standard InChI is InChI=1S/C12H10N2/c1-2-3-8-12-13-9-10-6-4-5-7-11(10)14-12/h1,4-7,9H,3,8H2. The highest BCUT2D eigenvalue weighted by atomic mass is 14.9. The van der Waals surface area contributed by atoms with Crippen LogP contribution in [0.15, 0.2) is 30.5 Å². The molecule has 2 rings (SSSR count). The lowest BCUT2D eigenvalue weighted by Crippen LogP contribution is -1.94. The van der Waals surface area contributed by atoms with Gasteiger partial charge in [0.15, 0.2) is 0 Å². The summed E-state index contributed by atoms with van der Waals surface area (Å²) in [6, 6.07) is 7.93. The van der Waals surface area contributed by atoms with Crippen molar-refractivity contribution < 1.29 is 0 Å². The molecule has 68 valence electrons. The van der Waals surface area contributed by atoms with E-state index >= 15 is 0 Å². The van der Waals surface area contributed by atoms with Gasteiger partial charge < -0.3 is 0 Å². The molecule has 1 aromatic carbocycles. The Morgan fingerprint density at radius 1 is 1.29 bits per heavy atom. The molecule has 0 aliphatic heterocycles. The van der Waals surface area contributed by atoms with E-state index < -0.39 is 0 Å². The first-order valence-electron chi connectivity index (χ1n) is 4.54. The monoisotopic (exact) mass is 182 g/mol. The van der Waals surface area contributed by atoms with Crippen molar-refractivity contribution in [1.29, 1.82) is 0 Å². The molecule has 0 aliphatic carbocycles. The molecule has 1 aromatic heterocycles. The minimum atomic E-state index is 0.693. The second kappa shape index (κ2) is 3.89. The number of rotatable bonds is 2. The molecule has 0 radical (unpaired) electrons. The van der Waals surface area contributed by atoms with Crippen molar-refractivity contribution in [3.05, 3.63) is 36.3 Å². The number of aryl methyl sites for hydroxylation is 1. The Labute approximate surface area is 83.0 Å². The first-order valence-corrected chi connectivity index (χ1v) is 4.54. The molecule has 0 bridgehead atoms. The van der Waals surface area contributed by atoms with Crippen LogP contribution in [0.1, 0.15) is 12.2 Å². The molecule has 0 unspecified atom stereocenters. The van der Waals surface area contributed by atoms with Gasteiger partial charge in [-0.05, 0) is 6.07 Å². The second-order valence-electron chi connectivity index (χ2n) is 3.05. The first-order chi connectivity index (χ1) is 6.90. The van der Waals surface area contributed by atoms with E-state index in [1.165, 1.54) is 0 Å². The van der Waals surface area contributed by atoms with Crippen molar-refractivity contribution in [2.24, 2.45) is 0 Å². The zero-order valence-electron chi connectivity index (χ0n) is 7.77. The number of benzene rings is 1. The molecule has 1 heterocycles. The summed E-state index contributed by atoms with van der Waals surface area (Å²) in [5, 5.41) is 1.07. The number of aromatic nitrogens is 2. The Morgan fingerprint density at radius 2 is 2.14 bits per heavy atom. The van der Waals surface area contributed by atoms with Crippen LogP contribution in [-0.4, -0.2) is 9.97 Å². The van der Waals surface area contributed by atoms with Crippen LogP contribution in [0.4, 0.5) is 0 Å². The number of nitrogens with zero attached hydrogens (tertiary/aromatic N) is 2. The van der Waals surface area contributed by atoms with E-state index in [0.717, 1.165) is 23.1 Å². The van der Waals surface area contributed by atoms with Gasteiger partial charge >= 0.3 is 0 Å². The molecule has 0 aliphatic rings. The van der Waals surface area contributed by atoms with Gasteiger partial charge in [-0.25, -0.2) is 9.97 Å². The van der Waals surface area contributed by atoms with Crippen molar-refractivity contribution >= 4 is 10.9 Å². The third kappa shape index (κ3) is 1.72. The summed E-state index contributed by atoms with van der Waals surface area (Å²) >= 11 is 0. The topological polar surface area (TPSA) is 25.8 Å². The summed E-state index contributed by atoms with van der Waals surface area (Å²) in [6.45, 7) is 0. The Balaban J connectivity index is 2.37. The lowest BCUT2D eigenvalue weighted by Gasteiger charge is -1.99. The Hall–Kier alpha value is -1.88. The van der Waals surface area contributed by atoms with Gasteiger partial charge in [-0.2, -0.15) is 0 Å². The van der Waals surface area contributed by atoms with Gasteiger partial charge in [-0.3, -0.25) is 0 Å². The minimum absolute atomic E-state index is 0.693. The summed E-state index contributed by atoms with van der Waals surface area (Å²) in [7, 11) is 0. The summed E-state index contributed by atoms with van der Waals surface area (Å²) in [5.41, 5.74) is 0.981. The van der Waals surface area contributed by atoms with E-state index in [0.29, 0.717) is 6.42 Å². The van der Waals surface area contributed by atoms with Crippen LogP contribution in [0, 0.1) is 12.3 Å². The first kappa shape index (κ1) is 8.71. The van der Waals surface area contributed by atoms with Gasteiger partial charge in [0.25, 0.3) is 0 Å². The van der Waals surface area contributed by atoms with Crippen LogP contribution < -0.4 is 0 Å². The maximum absolute atomic E-state index is 5.18. The van der Waals surface area contributed by atoms with E-state index in [9.17, 15) is 0 Å². The molecular formula is C12H10N2. The lowest BCUT2D eigenvalue weighted by atomic mass is 10.2.